The lowest BCUT2D eigenvalue weighted by molar-refractivity contribution is 0.187. The highest BCUT2D eigenvalue weighted by molar-refractivity contribution is 7.80. The van der Waals surface area contributed by atoms with Crippen molar-refractivity contribution in [2.75, 3.05) is 27.2 Å². The predicted octanol–water partition coefficient (Wildman–Crippen LogP) is 0.800. The standard InChI is InChI=1S/C13H25N3OS/c1-15(2)8-11-7-12(17)9-16(11)13(18)14-10-5-3-4-6-10/h10-12,17H,3-9H2,1-2H3,(H,14,18). The van der Waals surface area contributed by atoms with E-state index < -0.39 is 0 Å². The molecule has 4 nitrogen and oxygen atoms in total. The number of likely N-dealkylation sites (N-methyl/N-ethyl adjacent to an activating group) is 1. The first-order valence-corrected chi connectivity index (χ1v) is 7.37. The summed E-state index contributed by atoms with van der Waals surface area (Å²) >= 11 is 5.52. The van der Waals surface area contributed by atoms with Crippen LogP contribution in [-0.2, 0) is 0 Å². The third-order valence-corrected chi connectivity index (χ3v) is 4.26. The van der Waals surface area contributed by atoms with Crippen LogP contribution in [-0.4, -0.2) is 65.4 Å². The number of hydrogen-bond donors (Lipinski definition) is 2. The topological polar surface area (TPSA) is 38.7 Å². The summed E-state index contributed by atoms with van der Waals surface area (Å²) in [6.45, 7) is 1.63. The number of aliphatic hydroxyl groups is 1. The molecular weight excluding hydrogens is 246 g/mol. The second-order valence-electron chi connectivity index (χ2n) is 5.89. The third-order valence-electron chi connectivity index (χ3n) is 3.91. The summed E-state index contributed by atoms with van der Waals surface area (Å²) in [5.41, 5.74) is 0. The molecule has 2 aliphatic rings. The Hall–Kier alpha value is -0.390. The minimum absolute atomic E-state index is 0.238. The fraction of sp³-hybridized carbons (Fsp3) is 0.923. The quantitative estimate of drug-likeness (QED) is 0.743. The van der Waals surface area contributed by atoms with Crippen molar-refractivity contribution in [3.8, 4) is 0 Å². The number of likely N-dealkylation sites (tertiary alicyclic amines) is 1. The zero-order valence-electron chi connectivity index (χ0n) is 11.4. The molecule has 2 unspecified atom stereocenters. The summed E-state index contributed by atoms with van der Waals surface area (Å²) in [7, 11) is 4.13. The zero-order valence-corrected chi connectivity index (χ0v) is 12.2. The molecule has 0 aromatic rings. The Morgan fingerprint density at radius 1 is 1.39 bits per heavy atom. The molecule has 2 N–H and O–H groups in total. The van der Waals surface area contributed by atoms with E-state index in [1.165, 1.54) is 25.7 Å². The molecular formula is C13H25N3OS. The number of hydrogen-bond acceptors (Lipinski definition) is 3. The normalized spacial score (nSPS) is 29.2. The molecule has 104 valence electrons. The predicted molar refractivity (Wildman–Crippen MR) is 77.7 cm³/mol. The number of rotatable bonds is 3. The van der Waals surface area contributed by atoms with Gasteiger partial charge in [0.1, 0.15) is 0 Å². The molecule has 0 spiro atoms. The van der Waals surface area contributed by atoms with Crippen molar-refractivity contribution < 1.29 is 5.11 Å². The summed E-state index contributed by atoms with van der Waals surface area (Å²) in [4.78, 5) is 4.34. The highest BCUT2D eigenvalue weighted by Gasteiger charge is 2.33. The van der Waals surface area contributed by atoms with E-state index in [4.69, 9.17) is 12.2 Å². The molecule has 0 aromatic heterocycles. The van der Waals surface area contributed by atoms with Gasteiger partial charge in [0, 0.05) is 25.2 Å². The van der Waals surface area contributed by atoms with Crippen LogP contribution in [0.4, 0.5) is 0 Å². The lowest BCUT2D eigenvalue weighted by Crippen LogP contribution is -2.48. The van der Waals surface area contributed by atoms with Gasteiger partial charge in [0.05, 0.1) is 6.10 Å². The van der Waals surface area contributed by atoms with Gasteiger partial charge in [0.2, 0.25) is 0 Å². The smallest absolute Gasteiger partial charge is 0.169 e. The van der Waals surface area contributed by atoms with Gasteiger partial charge in [0.15, 0.2) is 5.11 Å². The molecule has 1 saturated heterocycles. The van der Waals surface area contributed by atoms with E-state index in [2.05, 4.69) is 29.2 Å². The maximum Gasteiger partial charge on any atom is 0.169 e. The number of nitrogens with zero attached hydrogens (tertiary/aromatic N) is 2. The lowest BCUT2D eigenvalue weighted by Gasteiger charge is -2.30. The molecule has 18 heavy (non-hydrogen) atoms. The summed E-state index contributed by atoms with van der Waals surface area (Å²) in [6.07, 6.45) is 5.67. The van der Waals surface area contributed by atoms with E-state index in [-0.39, 0.29) is 6.10 Å². The average molecular weight is 271 g/mol. The Morgan fingerprint density at radius 2 is 2.06 bits per heavy atom. The fourth-order valence-electron chi connectivity index (χ4n) is 3.06. The van der Waals surface area contributed by atoms with Crippen molar-refractivity contribution in [1.82, 2.24) is 15.1 Å². The Labute approximate surface area is 115 Å². The molecule has 0 aromatic carbocycles. The summed E-state index contributed by atoms with van der Waals surface area (Å²) < 4.78 is 0. The minimum Gasteiger partial charge on any atom is -0.391 e. The van der Waals surface area contributed by atoms with Crippen LogP contribution in [0.1, 0.15) is 32.1 Å². The molecule has 1 saturated carbocycles. The summed E-state index contributed by atoms with van der Waals surface area (Å²) in [5.74, 6) is 0. The van der Waals surface area contributed by atoms with Crippen LogP contribution < -0.4 is 5.32 Å². The van der Waals surface area contributed by atoms with Gasteiger partial charge >= 0.3 is 0 Å². The highest BCUT2D eigenvalue weighted by Crippen LogP contribution is 2.21. The molecule has 2 rings (SSSR count). The molecule has 1 heterocycles. The van der Waals surface area contributed by atoms with Crippen LogP contribution >= 0.6 is 12.2 Å². The lowest BCUT2D eigenvalue weighted by atomic mass is 10.2. The number of thiocarbonyl (C=S) groups is 1. The van der Waals surface area contributed by atoms with E-state index in [1.54, 1.807) is 0 Å². The largest absolute Gasteiger partial charge is 0.391 e. The van der Waals surface area contributed by atoms with Gasteiger partial charge < -0.3 is 20.2 Å². The monoisotopic (exact) mass is 271 g/mol. The second-order valence-corrected chi connectivity index (χ2v) is 6.28. The average Bonchev–Trinajstić information content (AvgIpc) is 2.87. The molecule has 0 amide bonds. The minimum atomic E-state index is -0.238. The van der Waals surface area contributed by atoms with Gasteiger partial charge in [0.25, 0.3) is 0 Å². The molecule has 5 heteroatoms. The summed E-state index contributed by atoms with van der Waals surface area (Å²) in [6, 6.07) is 0.895. The number of aliphatic hydroxyl groups excluding tert-OH is 1. The van der Waals surface area contributed by atoms with Crippen molar-refractivity contribution in [1.29, 1.82) is 0 Å². The molecule has 2 fully saturated rings. The first-order valence-electron chi connectivity index (χ1n) is 6.96. The van der Waals surface area contributed by atoms with E-state index in [9.17, 15) is 5.11 Å². The van der Waals surface area contributed by atoms with Gasteiger partial charge in [-0.3, -0.25) is 0 Å². The first-order chi connectivity index (χ1) is 8.56. The van der Waals surface area contributed by atoms with Crippen LogP contribution in [0.15, 0.2) is 0 Å². The van der Waals surface area contributed by atoms with Crippen molar-refractivity contribution in [2.24, 2.45) is 0 Å². The van der Waals surface area contributed by atoms with Gasteiger partial charge in [-0.25, -0.2) is 0 Å². The third kappa shape index (κ3) is 3.56. The Balaban J connectivity index is 1.89. The van der Waals surface area contributed by atoms with Gasteiger partial charge in [-0.1, -0.05) is 12.8 Å². The summed E-state index contributed by atoms with van der Waals surface area (Å²) in [5, 5.41) is 14.2. The van der Waals surface area contributed by atoms with Crippen molar-refractivity contribution in [3.63, 3.8) is 0 Å². The van der Waals surface area contributed by atoms with Crippen LogP contribution in [0.25, 0.3) is 0 Å². The molecule has 0 radical (unpaired) electrons. The second kappa shape index (κ2) is 6.17. The molecule has 0 bridgehead atoms. The van der Waals surface area contributed by atoms with Crippen molar-refractivity contribution in [3.05, 3.63) is 0 Å². The van der Waals surface area contributed by atoms with E-state index in [1.807, 2.05) is 0 Å². The molecule has 2 atom stereocenters. The fourth-order valence-corrected chi connectivity index (χ4v) is 3.45. The highest BCUT2D eigenvalue weighted by atomic mass is 32.1. The molecule has 1 aliphatic heterocycles. The Bertz CT molecular complexity index is 292. The van der Waals surface area contributed by atoms with Gasteiger partial charge in [-0.2, -0.15) is 0 Å². The van der Waals surface area contributed by atoms with Crippen molar-refractivity contribution in [2.45, 2.75) is 50.3 Å². The number of nitrogens with one attached hydrogen (secondary N) is 1. The van der Waals surface area contributed by atoms with Crippen molar-refractivity contribution >= 4 is 17.3 Å². The maximum atomic E-state index is 9.85. The van der Waals surface area contributed by atoms with E-state index >= 15 is 0 Å². The number of β-amino-alcohol motifs (C(OH)–C–C–N with tert-alkyl or cyclic N) is 1. The van der Waals surface area contributed by atoms with Crippen LogP contribution in [0, 0.1) is 0 Å². The first kappa shape index (κ1) is 14.0. The van der Waals surface area contributed by atoms with E-state index in [0.29, 0.717) is 18.6 Å². The van der Waals surface area contributed by atoms with Crippen LogP contribution in [0.2, 0.25) is 0 Å². The van der Waals surface area contributed by atoms with Crippen LogP contribution in [0.3, 0.4) is 0 Å². The Morgan fingerprint density at radius 3 is 2.67 bits per heavy atom. The van der Waals surface area contributed by atoms with Gasteiger partial charge in [-0.15, -0.1) is 0 Å². The Kier molecular flexibility index (Phi) is 4.81. The van der Waals surface area contributed by atoms with Crippen LogP contribution in [0.5, 0.6) is 0 Å². The molecule has 1 aliphatic carbocycles. The van der Waals surface area contributed by atoms with Gasteiger partial charge in [-0.05, 0) is 45.6 Å². The van der Waals surface area contributed by atoms with E-state index in [0.717, 1.165) is 18.1 Å². The maximum absolute atomic E-state index is 9.85. The SMILES string of the molecule is CN(C)CC1CC(O)CN1C(=S)NC1CCCC1. The zero-order chi connectivity index (χ0) is 13.1.